The second-order valence-corrected chi connectivity index (χ2v) is 4.81. The molecular formula is C12H11ClN4O3. The first-order valence-electron chi connectivity index (χ1n) is 6.02. The predicted molar refractivity (Wildman–Crippen MR) is 70.1 cm³/mol. The molecule has 1 aliphatic heterocycles. The first-order chi connectivity index (χ1) is 9.54. The summed E-state index contributed by atoms with van der Waals surface area (Å²) < 4.78 is 0. The van der Waals surface area contributed by atoms with Crippen molar-refractivity contribution in [3.63, 3.8) is 0 Å². The lowest BCUT2D eigenvalue weighted by Crippen LogP contribution is -2.38. The Labute approximate surface area is 119 Å². The molecule has 0 atom stereocenters. The summed E-state index contributed by atoms with van der Waals surface area (Å²) in [5.41, 5.74) is -0.535. The quantitative estimate of drug-likeness (QED) is 0.472. The lowest BCUT2D eigenvalue weighted by atomic mass is 9.98. The Morgan fingerprint density at radius 3 is 2.75 bits per heavy atom. The largest absolute Gasteiger partial charge is 0.338 e. The zero-order valence-corrected chi connectivity index (χ0v) is 11.2. The highest BCUT2D eigenvalue weighted by Gasteiger charge is 2.30. The number of amides is 1. The highest BCUT2D eigenvalue weighted by atomic mass is 35.5. The second kappa shape index (κ2) is 5.84. The monoisotopic (exact) mass is 294 g/mol. The predicted octanol–water partition coefficient (Wildman–Crippen LogP) is 2.02. The van der Waals surface area contributed by atoms with Gasteiger partial charge in [-0.3, -0.25) is 14.9 Å². The van der Waals surface area contributed by atoms with E-state index in [0.29, 0.717) is 25.9 Å². The van der Waals surface area contributed by atoms with Crippen LogP contribution >= 0.6 is 11.6 Å². The van der Waals surface area contributed by atoms with Gasteiger partial charge in [-0.15, -0.1) is 0 Å². The van der Waals surface area contributed by atoms with Crippen molar-refractivity contribution in [2.45, 2.75) is 12.8 Å². The molecule has 7 nitrogen and oxygen atoms in total. The molecule has 1 saturated heterocycles. The third-order valence-electron chi connectivity index (χ3n) is 3.26. The number of rotatable bonds is 2. The van der Waals surface area contributed by atoms with E-state index in [9.17, 15) is 14.9 Å². The van der Waals surface area contributed by atoms with E-state index in [4.69, 9.17) is 16.9 Å². The van der Waals surface area contributed by atoms with E-state index >= 15 is 0 Å². The minimum Gasteiger partial charge on any atom is -0.338 e. The average Bonchev–Trinajstić information content (AvgIpc) is 2.46. The molecule has 1 aromatic heterocycles. The molecule has 1 aromatic rings. The SMILES string of the molecule is N#CC1CCN(C(=O)c2ccnc(Cl)c2[N+](=O)[O-])CC1. The molecule has 0 unspecified atom stereocenters. The summed E-state index contributed by atoms with van der Waals surface area (Å²) >= 11 is 5.69. The van der Waals surface area contributed by atoms with Crippen molar-refractivity contribution < 1.29 is 9.72 Å². The van der Waals surface area contributed by atoms with Gasteiger partial charge in [0.2, 0.25) is 5.15 Å². The van der Waals surface area contributed by atoms with Gasteiger partial charge in [0, 0.05) is 25.2 Å². The normalized spacial score (nSPS) is 15.7. The highest BCUT2D eigenvalue weighted by Crippen LogP contribution is 2.28. The molecule has 8 heteroatoms. The average molecular weight is 295 g/mol. The van der Waals surface area contributed by atoms with Crippen LogP contribution in [-0.2, 0) is 0 Å². The van der Waals surface area contributed by atoms with Crippen LogP contribution < -0.4 is 0 Å². The van der Waals surface area contributed by atoms with E-state index in [0.717, 1.165) is 0 Å². The van der Waals surface area contributed by atoms with Crippen molar-refractivity contribution in [2.24, 2.45) is 5.92 Å². The van der Waals surface area contributed by atoms with Crippen molar-refractivity contribution in [3.8, 4) is 6.07 Å². The van der Waals surface area contributed by atoms with Gasteiger partial charge in [0.25, 0.3) is 5.91 Å². The van der Waals surface area contributed by atoms with Gasteiger partial charge in [-0.2, -0.15) is 5.26 Å². The lowest BCUT2D eigenvalue weighted by molar-refractivity contribution is -0.385. The smallest absolute Gasteiger partial charge is 0.319 e. The van der Waals surface area contributed by atoms with Crippen LogP contribution in [0.1, 0.15) is 23.2 Å². The maximum atomic E-state index is 12.3. The van der Waals surface area contributed by atoms with Crippen LogP contribution in [0.2, 0.25) is 5.15 Å². The summed E-state index contributed by atoms with van der Waals surface area (Å²) in [6.45, 7) is 0.822. The van der Waals surface area contributed by atoms with Gasteiger partial charge >= 0.3 is 5.69 Å². The Morgan fingerprint density at radius 1 is 1.55 bits per heavy atom. The van der Waals surface area contributed by atoms with E-state index in [1.807, 2.05) is 0 Å². The fourth-order valence-corrected chi connectivity index (χ4v) is 2.38. The molecule has 0 spiro atoms. The zero-order chi connectivity index (χ0) is 14.7. The summed E-state index contributed by atoms with van der Waals surface area (Å²) in [6.07, 6.45) is 2.42. The molecular weight excluding hydrogens is 284 g/mol. The highest BCUT2D eigenvalue weighted by molar-refractivity contribution is 6.32. The van der Waals surface area contributed by atoms with Crippen molar-refractivity contribution >= 4 is 23.2 Å². The molecule has 20 heavy (non-hydrogen) atoms. The molecule has 104 valence electrons. The van der Waals surface area contributed by atoms with Crippen molar-refractivity contribution in [1.29, 1.82) is 5.26 Å². The van der Waals surface area contributed by atoms with Crippen LogP contribution in [0.5, 0.6) is 0 Å². The van der Waals surface area contributed by atoms with Crippen molar-refractivity contribution in [1.82, 2.24) is 9.88 Å². The minimum absolute atomic E-state index is 0.0601. The summed E-state index contributed by atoms with van der Waals surface area (Å²) in [5, 5.41) is 19.5. The number of aromatic nitrogens is 1. The summed E-state index contributed by atoms with van der Waals surface area (Å²) in [6, 6.07) is 3.46. The van der Waals surface area contributed by atoms with E-state index in [1.54, 1.807) is 0 Å². The first-order valence-corrected chi connectivity index (χ1v) is 6.40. The van der Waals surface area contributed by atoms with E-state index in [-0.39, 0.29) is 16.6 Å². The number of nitrogens with zero attached hydrogens (tertiary/aromatic N) is 4. The molecule has 0 radical (unpaired) electrons. The van der Waals surface area contributed by atoms with Crippen LogP contribution in [0.4, 0.5) is 5.69 Å². The van der Waals surface area contributed by atoms with Crippen molar-refractivity contribution in [2.75, 3.05) is 13.1 Å². The molecule has 0 saturated carbocycles. The summed E-state index contributed by atoms with van der Waals surface area (Å²) in [5.74, 6) is -0.507. The zero-order valence-electron chi connectivity index (χ0n) is 10.5. The van der Waals surface area contributed by atoms with Crippen molar-refractivity contribution in [3.05, 3.63) is 33.1 Å². The third-order valence-corrected chi connectivity index (χ3v) is 3.53. The molecule has 2 heterocycles. The van der Waals surface area contributed by atoms with Gasteiger partial charge in [0.05, 0.1) is 11.0 Å². The Balaban J connectivity index is 2.25. The molecule has 1 amide bonds. The van der Waals surface area contributed by atoms with Crippen LogP contribution in [0.15, 0.2) is 12.3 Å². The number of nitriles is 1. The van der Waals surface area contributed by atoms with Gasteiger partial charge < -0.3 is 4.90 Å². The van der Waals surface area contributed by atoms with E-state index in [2.05, 4.69) is 11.1 Å². The fourth-order valence-electron chi connectivity index (χ4n) is 2.16. The van der Waals surface area contributed by atoms with Crippen LogP contribution in [0, 0.1) is 27.4 Å². The van der Waals surface area contributed by atoms with Crippen LogP contribution in [0.25, 0.3) is 0 Å². The number of nitro groups is 1. The number of halogens is 1. The topological polar surface area (TPSA) is 100 Å². The molecule has 0 N–H and O–H groups in total. The summed E-state index contributed by atoms with van der Waals surface area (Å²) in [7, 11) is 0. The number of carbonyl (C=O) groups excluding carboxylic acids is 1. The molecule has 0 aliphatic carbocycles. The standard InChI is InChI=1S/C12H11ClN4O3/c13-11-10(17(19)20)9(1-4-15-11)12(18)16-5-2-8(7-14)3-6-16/h1,4,8H,2-3,5-6H2. The first kappa shape index (κ1) is 14.2. The molecule has 2 rings (SSSR count). The Bertz CT molecular complexity index is 591. The molecule has 1 fully saturated rings. The molecule has 0 bridgehead atoms. The molecule has 0 aromatic carbocycles. The Morgan fingerprint density at radius 2 is 2.20 bits per heavy atom. The van der Waals surface area contributed by atoms with Gasteiger partial charge in [0.1, 0.15) is 5.56 Å². The van der Waals surface area contributed by atoms with Gasteiger partial charge in [-0.1, -0.05) is 11.6 Å². The van der Waals surface area contributed by atoms with Gasteiger partial charge in [0.15, 0.2) is 0 Å². The summed E-state index contributed by atoms with van der Waals surface area (Å²) in [4.78, 5) is 27.7. The number of hydrogen-bond donors (Lipinski definition) is 0. The number of carbonyl (C=O) groups is 1. The van der Waals surface area contributed by atoms with Crippen LogP contribution in [0.3, 0.4) is 0 Å². The maximum absolute atomic E-state index is 12.3. The van der Waals surface area contributed by atoms with Crippen LogP contribution in [-0.4, -0.2) is 33.8 Å². The molecule has 1 aliphatic rings. The lowest BCUT2D eigenvalue weighted by Gasteiger charge is -2.29. The van der Waals surface area contributed by atoms with Gasteiger partial charge in [-0.05, 0) is 18.9 Å². The Hall–Kier alpha value is -2.20. The number of hydrogen-bond acceptors (Lipinski definition) is 5. The van der Waals surface area contributed by atoms with Gasteiger partial charge in [-0.25, -0.2) is 4.98 Å². The fraction of sp³-hybridized carbons (Fsp3) is 0.417. The maximum Gasteiger partial charge on any atom is 0.319 e. The number of pyridine rings is 1. The third kappa shape index (κ3) is 2.70. The second-order valence-electron chi connectivity index (χ2n) is 4.45. The van der Waals surface area contributed by atoms with E-state index < -0.39 is 16.5 Å². The number of piperidine rings is 1. The minimum atomic E-state index is -0.704. The van der Waals surface area contributed by atoms with E-state index in [1.165, 1.54) is 17.2 Å². The Kier molecular flexibility index (Phi) is 4.15. The number of likely N-dealkylation sites (tertiary alicyclic amines) is 1.